The molecule has 2 rings (SSSR count). The number of nitrogens with one attached hydrogen (secondary N) is 3. The molecular formula is C16H18ClN5O2. The van der Waals surface area contributed by atoms with E-state index in [0.29, 0.717) is 17.2 Å². The lowest BCUT2D eigenvalue weighted by atomic mass is 10.2. The average Bonchev–Trinajstić information content (AvgIpc) is 2.56. The van der Waals surface area contributed by atoms with E-state index in [1.807, 2.05) is 13.8 Å². The quantitative estimate of drug-likeness (QED) is 0.790. The fraction of sp³-hybridized carbons (Fsp3) is 0.250. The van der Waals surface area contributed by atoms with Gasteiger partial charge in [0.15, 0.2) is 5.69 Å². The maximum atomic E-state index is 12.4. The minimum absolute atomic E-state index is 0.0869. The monoisotopic (exact) mass is 347 g/mol. The number of benzene rings is 1. The van der Waals surface area contributed by atoms with Crippen molar-refractivity contribution >= 4 is 34.9 Å². The Hall–Kier alpha value is -2.67. The topological polar surface area (TPSA) is 96.0 Å². The normalized spacial score (nSPS) is 10.4. The standard InChI is InChI=1S/C16H18ClN5O2/c1-9(2)14-19-8-12(17)13(22-14)15(23)20-10-4-6-11(7-5-10)21-16(24)18-3/h4-9H,1-3H3,(H,20,23)(H2,18,21,24). The van der Waals surface area contributed by atoms with E-state index in [1.165, 1.54) is 13.2 Å². The van der Waals surface area contributed by atoms with Gasteiger partial charge in [-0.15, -0.1) is 0 Å². The van der Waals surface area contributed by atoms with Gasteiger partial charge in [0.1, 0.15) is 5.82 Å². The summed E-state index contributed by atoms with van der Waals surface area (Å²) in [4.78, 5) is 31.9. The second kappa shape index (κ2) is 7.74. The summed E-state index contributed by atoms with van der Waals surface area (Å²) in [5.74, 6) is 0.217. The Morgan fingerprint density at radius 2 is 1.67 bits per heavy atom. The highest BCUT2D eigenvalue weighted by Crippen LogP contribution is 2.19. The van der Waals surface area contributed by atoms with Gasteiger partial charge in [-0.25, -0.2) is 14.8 Å². The predicted molar refractivity (Wildman–Crippen MR) is 93.6 cm³/mol. The Morgan fingerprint density at radius 1 is 1.08 bits per heavy atom. The van der Waals surface area contributed by atoms with Crippen molar-refractivity contribution < 1.29 is 9.59 Å². The molecule has 0 radical (unpaired) electrons. The van der Waals surface area contributed by atoms with Crippen LogP contribution < -0.4 is 16.0 Å². The number of carbonyl (C=O) groups excluding carboxylic acids is 2. The zero-order valence-electron chi connectivity index (χ0n) is 13.6. The average molecular weight is 348 g/mol. The van der Waals surface area contributed by atoms with Gasteiger partial charge in [-0.3, -0.25) is 4.79 Å². The van der Waals surface area contributed by atoms with Gasteiger partial charge >= 0.3 is 6.03 Å². The molecule has 0 atom stereocenters. The zero-order valence-corrected chi connectivity index (χ0v) is 14.3. The predicted octanol–water partition coefficient (Wildman–Crippen LogP) is 3.26. The van der Waals surface area contributed by atoms with Crippen molar-refractivity contribution in [2.75, 3.05) is 17.7 Å². The molecule has 0 saturated heterocycles. The van der Waals surface area contributed by atoms with Gasteiger partial charge < -0.3 is 16.0 Å². The number of hydrogen-bond acceptors (Lipinski definition) is 4. The summed E-state index contributed by atoms with van der Waals surface area (Å²) < 4.78 is 0. The number of amides is 3. The highest BCUT2D eigenvalue weighted by Gasteiger charge is 2.15. The maximum Gasteiger partial charge on any atom is 0.318 e. The van der Waals surface area contributed by atoms with Gasteiger partial charge in [-0.2, -0.15) is 0 Å². The fourth-order valence-electron chi connectivity index (χ4n) is 1.84. The summed E-state index contributed by atoms with van der Waals surface area (Å²) in [5, 5.41) is 7.99. The van der Waals surface area contributed by atoms with Crippen molar-refractivity contribution in [3.8, 4) is 0 Å². The molecule has 3 amide bonds. The van der Waals surface area contributed by atoms with Gasteiger partial charge in [0.05, 0.1) is 11.2 Å². The fourth-order valence-corrected chi connectivity index (χ4v) is 2.02. The molecule has 0 fully saturated rings. The third-order valence-corrected chi connectivity index (χ3v) is 3.40. The smallest absolute Gasteiger partial charge is 0.318 e. The van der Waals surface area contributed by atoms with Crippen LogP contribution in [0.3, 0.4) is 0 Å². The summed E-state index contributed by atoms with van der Waals surface area (Å²) in [6.07, 6.45) is 1.43. The van der Waals surface area contributed by atoms with Crippen LogP contribution in [0.15, 0.2) is 30.5 Å². The summed E-state index contributed by atoms with van der Waals surface area (Å²) in [5.41, 5.74) is 1.29. The van der Waals surface area contributed by atoms with Crippen molar-refractivity contribution in [1.82, 2.24) is 15.3 Å². The molecule has 0 aliphatic rings. The summed E-state index contributed by atoms with van der Waals surface area (Å²) in [7, 11) is 1.53. The number of nitrogens with zero attached hydrogens (tertiary/aromatic N) is 2. The van der Waals surface area contributed by atoms with E-state index < -0.39 is 5.91 Å². The summed E-state index contributed by atoms with van der Waals surface area (Å²) in [6.45, 7) is 3.87. The summed E-state index contributed by atoms with van der Waals surface area (Å²) >= 11 is 6.02. The molecule has 2 aromatic rings. The van der Waals surface area contributed by atoms with E-state index in [-0.39, 0.29) is 22.7 Å². The van der Waals surface area contributed by atoms with Gasteiger partial charge in [-0.05, 0) is 24.3 Å². The van der Waals surface area contributed by atoms with Crippen LogP contribution in [0.5, 0.6) is 0 Å². The molecule has 7 nitrogen and oxygen atoms in total. The Kier molecular flexibility index (Phi) is 5.70. The number of hydrogen-bond donors (Lipinski definition) is 3. The van der Waals surface area contributed by atoms with Gasteiger partial charge in [0, 0.05) is 24.3 Å². The molecule has 0 unspecified atom stereocenters. The third kappa shape index (κ3) is 4.42. The number of aromatic nitrogens is 2. The van der Waals surface area contributed by atoms with Crippen molar-refractivity contribution in [2.45, 2.75) is 19.8 Å². The van der Waals surface area contributed by atoms with E-state index in [1.54, 1.807) is 24.3 Å². The van der Waals surface area contributed by atoms with E-state index in [9.17, 15) is 9.59 Å². The van der Waals surface area contributed by atoms with Gasteiger partial charge in [-0.1, -0.05) is 25.4 Å². The van der Waals surface area contributed by atoms with Crippen molar-refractivity contribution in [3.63, 3.8) is 0 Å². The third-order valence-electron chi connectivity index (χ3n) is 3.12. The molecular weight excluding hydrogens is 330 g/mol. The molecule has 1 aromatic heterocycles. The van der Waals surface area contributed by atoms with Gasteiger partial charge in [0.25, 0.3) is 5.91 Å². The minimum atomic E-state index is -0.420. The molecule has 3 N–H and O–H groups in total. The highest BCUT2D eigenvalue weighted by atomic mass is 35.5. The van der Waals surface area contributed by atoms with Crippen LogP contribution in [0, 0.1) is 0 Å². The Bertz CT molecular complexity index is 747. The maximum absolute atomic E-state index is 12.4. The summed E-state index contributed by atoms with van der Waals surface area (Å²) in [6, 6.07) is 6.36. The number of carbonyl (C=O) groups is 2. The van der Waals surface area contributed by atoms with Crippen LogP contribution >= 0.6 is 11.6 Å². The Morgan fingerprint density at radius 3 is 2.21 bits per heavy atom. The lowest BCUT2D eigenvalue weighted by Gasteiger charge is -2.10. The largest absolute Gasteiger partial charge is 0.341 e. The SMILES string of the molecule is CNC(=O)Nc1ccc(NC(=O)c2nc(C(C)C)ncc2Cl)cc1. The number of halogens is 1. The molecule has 8 heteroatoms. The molecule has 1 heterocycles. The minimum Gasteiger partial charge on any atom is -0.341 e. The lowest BCUT2D eigenvalue weighted by Crippen LogP contribution is -2.24. The molecule has 126 valence electrons. The Labute approximate surface area is 144 Å². The van der Waals surface area contributed by atoms with E-state index >= 15 is 0 Å². The molecule has 0 aliphatic heterocycles. The zero-order chi connectivity index (χ0) is 17.7. The highest BCUT2D eigenvalue weighted by molar-refractivity contribution is 6.33. The lowest BCUT2D eigenvalue weighted by molar-refractivity contribution is 0.102. The van der Waals surface area contributed by atoms with Crippen LogP contribution in [0.1, 0.15) is 36.1 Å². The van der Waals surface area contributed by atoms with Crippen LogP contribution in [0.2, 0.25) is 5.02 Å². The van der Waals surface area contributed by atoms with Crippen molar-refractivity contribution in [2.24, 2.45) is 0 Å². The first-order chi connectivity index (χ1) is 11.4. The van der Waals surface area contributed by atoms with Crippen LogP contribution in [0.25, 0.3) is 0 Å². The molecule has 1 aromatic carbocycles. The van der Waals surface area contributed by atoms with Crippen molar-refractivity contribution in [1.29, 1.82) is 0 Å². The Balaban J connectivity index is 2.12. The van der Waals surface area contributed by atoms with E-state index in [2.05, 4.69) is 25.9 Å². The first-order valence-corrected chi connectivity index (χ1v) is 7.71. The molecule has 0 spiro atoms. The molecule has 24 heavy (non-hydrogen) atoms. The first kappa shape index (κ1) is 17.7. The molecule has 0 aliphatic carbocycles. The second-order valence-electron chi connectivity index (χ2n) is 5.32. The number of rotatable bonds is 4. The van der Waals surface area contributed by atoms with Gasteiger partial charge in [0.2, 0.25) is 0 Å². The molecule has 0 bridgehead atoms. The first-order valence-electron chi connectivity index (χ1n) is 7.33. The van der Waals surface area contributed by atoms with Crippen LogP contribution in [0.4, 0.5) is 16.2 Å². The van der Waals surface area contributed by atoms with E-state index in [4.69, 9.17) is 11.6 Å². The van der Waals surface area contributed by atoms with Crippen LogP contribution in [-0.4, -0.2) is 29.0 Å². The van der Waals surface area contributed by atoms with Crippen molar-refractivity contribution in [3.05, 3.63) is 47.0 Å². The number of anilines is 2. The van der Waals surface area contributed by atoms with Crippen LogP contribution in [-0.2, 0) is 0 Å². The number of urea groups is 1. The molecule has 0 saturated carbocycles. The second-order valence-corrected chi connectivity index (χ2v) is 5.72. The van der Waals surface area contributed by atoms with E-state index in [0.717, 1.165) is 0 Å².